The summed E-state index contributed by atoms with van der Waals surface area (Å²) in [6.45, 7) is 4.79. The third kappa shape index (κ3) is 3.35. The lowest BCUT2D eigenvalue weighted by Gasteiger charge is -2.13. The van der Waals surface area contributed by atoms with Gasteiger partial charge in [0, 0.05) is 23.6 Å². The molecule has 0 spiro atoms. The van der Waals surface area contributed by atoms with Gasteiger partial charge in [0.15, 0.2) is 0 Å². The minimum Gasteiger partial charge on any atom is -0.361 e. The molecule has 0 unspecified atom stereocenters. The number of H-pyrrole nitrogens is 1. The van der Waals surface area contributed by atoms with Gasteiger partial charge in [-0.2, -0.15) is 0 Å². The molecule has 19 heavy (non-hydrogen) atoms. The Morgan fingerprint density at radius 3 is 2.84 bits per heavy atom. The van der Waals surface area contributed by atoms with Crippen molar-refractivity contribution >= 4 is 16.8 Å². The summed E-state index contributed by atoms with van der Waals surface area (Å²) in [5, 5.41) is 4.00. The Morgan fingerprint density at radius 2 is 2.11 bits per heavy atom. The van der Waals surface area contributed by atoms with Gasteiger partial charge in [-0.05, 0) is 24.0 Å². The second-order valence-electron chi connectivity index (χ2n) is 5.31. The van der Waals surface area contributed by atoms with Crippen molar-refractivity contribution in [2.45, 2.75) is 26.3 Å². The van der Waals surface area contributed by atoms with E-state index in [1.54, 1.807) is 0 Å². The Hall–Kier alpha value is -1.81. The standard InChI is InChI=1S/C15H21N3O/c1-10(2)8-18-15(19)13(16)7-11-9-17-14-6-4-3-5-12(11)14/h3-6,9-10,13,17H,7-8,16H2,1-2H3,(H,18,19)/t13-/m1/s1. The quantitative estimate of drug-likeness (QED) is 0.766. The summed E-state index contributed by atoms with van der Waals surface area (Å²) in [6.07, 6.45) is 2.48. The minimum absolute atomic E-state index is 0.0843. The lowest BCUT2D eigenvalue weighted by molar-refractivity contribution is -0.122. The Labute approximate surface area is 113 Å². The van der Waals surface area contributed by atoms with E-state index in [4.69, 9.17) is 5.73 Å². The van der Waals surface area contributed by atoms with Crippen molar-refractivity contribution in [1.82, 2.24) is 10.3 Å². The number of hydrogen-bond donors (Lipinski definition) is 3. The molecule has 1 aromatic carbocycles. The van der Waals surface area contributed by atoms with E-state index in [1.807, 2.05) is 30.5 Å². The number of carbonyl (C=O) groups excluding carboxylic acids is 1. The predicted molar refractivity (Wildman–Crippen MR) is 77.8 cm³/mol. The minimum atomic E-state index is -0.502. The fraction of sp³-hybridized carbons (Fsp3) is 0.400. The molecule has 0 aliphatic rings. The zero-order chi connectivity index (χ0) is 13.8. The number of para-hydroxylation sites is 1. The van der Waals surface area contributed by atoms with E-state index in [9.17, 15) is 4.79 Å². The van der Waals surface area contributed by atoms with Crippen molar-refractivity contribution in [3.05, 3.63) is 36.0 Å². The molecule has 102 valence electrons. The number of aromatic nitrogens is 1. The summed E-state index contributed by atoms with van der Waals surface area (Å²) < 4.78 is 0. The lowest BCUT2D eigenvalue weighted by atomic mass is 10.0. The molecule has 1 aromatic heterocycles. The summed E-state index contributed by atoms with van der Waals surface area (Å²) >= 11 is 0. The van der Waals surface area contributed by atoms with Gasteiger partial charge in [0.05, 0.1) is 6.04 Å². The number of rotatable bonds is 5. The number of nitrogens with one attached hydrogen (secondary N) is 2. The topological polar surface area (TPSA) is 70.9 Å². The molecular formula is C15H21N3O. The van der Waals surface area contributed by atoms with Crippen LogP contribution in [-0.2, 0) is 11.2 Å². The molecule has 4 N–H and O–H groups in total. The summed E-state index contributed by atoms with van der Waals surface area (Å²) in [4.78, 5) is 15.1. The fourth-order valence-electron chi connectivity index (χ4n) is 2.07. The fourth-order valence-corrected chi connectivity index (χ4v) is 2.07. The van der Waals surface area contributed by atoms with Crippen molar-refractivity contribution < 1.29 is 4.79 Å². The maximum absolute atomic E-state index is 11.9. The van der Waals surface area contributed by atoms with Gasteiger partial charge in [-0.3, -0.25) is 4.79 Å². The Balaban J connectivity index is 2.02. The number of hydrogen-bond acceptors (Lipinski definition) is 2. The highest BCUT2D eigenvalue weighted by Gasteiger charge is 2.15. The van der Waals surface area contributed by atoms with Crippen LogP contribution in [0.2, 0.25) is 0 Å². The summed E-state index contributed by atoms with van der Waals surface area (Å²) in [5.74, 6) is 0.350. The number of amides is 1. The SMILES string of the molecule is CC(C)CNC(=O)[C@H](N)Cc1c[nH]c2ccccc12. The first-order valence-electron chi connectivity index (χ1n) is 6.66. The van der Waals surface area contributed by atoms with Crippen LogP contribution in [0.5, 0.6) is 0 Å². The molecule has 0 aliphatic heterocycles. The second kappa shape index (κ2) is 5.89. The van der Waals surface area contributed by atoms with Crippen LogP contribution in [0.25, 0.3) is 10.9 Å². The van der Waals surface area contributed by atoms with Crippen molar-refractivity contribution in [2.75, 3.05) is 6.54 Å². The Morgan fingerprint density at radius 1 is 1.37 bits per heavy atom. The van der Waals surface area contributed by atoms with Gasteiger partial charge < -0.3 is 16.0 Å². The molecule has 0 radical (unpaired) electrons. The molecule has 2 aromatic rings. The van der Waals surface area contributed by atoms with E-state index < -0.39 is 6.04 Å². The van der Waals surface area contributed by atoms with Crippen LogP contribution in [0, 0.1) is 5.92 Å². The Bertz CT molecular complexity index is 559. The highest BCUT2D eigenvalue weighted by atomic mass is 16.2. The van der Waals surface area contributed by atoms with Crippen LogP contribution in [0.4, 0.5) is 0 Å². The molecule has 0 saturated carbocycles. The van der Waals surface area contributed by atoms with Crippen LogP contribution in [-0.4, -0.2) is 23.5 Å². The number of aromatic amines is 1. The molecule has 4 nitrogen and oxygen atoms in total. The largest absolute Gasteiger partial charge is 0.361 e. The van der Waals surface area contributed by atoms with Crippen LogP contribution in [0.3, 0.4) is 0 Å². The van der Waals surface area contributed by atoms with Gasteiger partial charge in [-0.15, -0.1) is 0 Å². The zero-order valence-electron chi connectivity index (χ0n) is 11.4. The predicted octanol–water partition coefficient (Wildman–Crippen LogP) is 1.81. The number of carbonyl (C=O) groups is 1. The summed E-state index contributed by atoms with van der Waals surface area (Å²) in [6, 6.07) is 7.53. The van der Waals surface area contributed by atoms with Gasteiger partial charge in [0.25, 0.3) is 0 Å². The molecule has 4 heteroatoms. The smallest absolute Gasteiger partial charge is 0.237 e. The molecule has 1 amide bonds. The molecule has 0 aliphatic carbocycles. The first-order chi connectivity index (χ1) is 9.08. The van der Waals surface area contributed by atoms with Crippen LogP contribution in [0.1, 0.15) is 19.4 Å². The van der Waals surface area contributed by atoms with Crippen LogP contribution < -0.4 is 11.1 Å². The van der Waals surface area contributed by atoms with E-state index in [-0.39, 0.29) is 5.91 Å². The zero-order valence-corrected chi connectivity index (χ0v) is 11.4. The van der Waals surface area contributed by atoms with E-state index in [2.05, 4.69) is 24.1 Å². The average Bonchev–Trinajstić information content (AvgIpc) is 2.79. The second-order valence-corrected chi connectivity index (χ2v) is 5.31. The molecule has 1 atom stereocenters. The highest BCUT2D eigenvalue weighted by molar-refractivity contribution is 5.86. The molecule has 0 fully saturated rings. The van der Waals surface area contributed by atoms with Crippen molar-refractivity contribution in [3.63, 3.8) is 0 Å². The number of nitrogens with two attached hydrogens (primary N) is 1. The number of benzene rings is 1. The van der Waals surface area contributed by atoms with Gasteiger partial charge in [0.1, 0.15) is 0 Å². The van der Waals surface area contributed by atoms with E-state index >= 15 is 0 Å². The van der Waals surface area contributed by atoms with Gasteiger partial charge in [0.2, 0.25) is 5.91 Å². The van der Waals surface area contributed by atoms with Gasteiger partial charge in [-0.1, -0.05) is 32.0 Å². The maximum Gasteiger partial charge on any atom is 0.237 e. The maximum atomic E-state index is 11.9. The third-order valence-corrected chi connectivity index (χ3v) is 3.14. The van der Waals surface area contributed by atoms with Crippen LogP contribution in [0.15, 0.2) is 30.5 Å². The first kappa shape index (κ1) is 13.6. The van der Waals surface area contributed by atoms with E-state index in [0.717, 1.165) is 16.5 Å². The molecule has 0 bridgehead atoms. The Kier molecular flexibility index (Phi) is 4.22. The average molecular weight is 259 g/mol. The molecule has 0 saturated heterocycles. The van der Waals surface area contributed by atoms with Crippen molar-refractivity contribution in [1.29, 1.82) is 0 Å². The lowest BCUT2D eigenvalue weighted by Crippen LogP contribution is -2.43. The first-order valence-corrected chi connectivity index (χ1v) is 6.66. The van der Waals surface area contributed by atoms with E-state index in [0.29, 0.717) is 18.9 Å². The number of fused-ring (bicyclic) bond motifs is 1. The summed E-state index contributed by atoms with van der Waals surface area (Å²) in [7, 11) is 0. The van der Waals surface area contributed by atoms with Gasteiger partial charge >= 0.3 is 0 Å². The van der Waals surface area contributed by atoms with Crippen molar-refractivity contribution in [2.24, 2.45) is 11.7 Å². The molecular weight excluding hydrogens is 238 g/mol. The highest BCUT2D eigenvalue weighted by Crippen LogP contribution is 2.18. The molecule has 2 rings (SSSR count). The van der Waals surface area contributed by atoms with Gasteiger partial charge in [-0.25, -0.2) is 0 Å². The molecule has 1 heterocycles. The van der Waals surface area contributed by atoms with Crippen LogP contribution >= 0.6 is 0 Å². The van der Waals surface area contributed by atoms with Crippen molar-refractivity contribution in [3.8, 4) is 0 Å². The summed E-state index contributed by atoms with van der Waals surface area (Å²) in [5.41, 5.74) is 8.12. The third-order valence-electron chi connectivity index (χ3n) is 3.14. The monoisotopic (exact) mass is 259 g/mol. The van der Waals surface area contributed by atoms with E-state index in [1.165, 1.54) is 0 Å². The normalized spacial score (nSPS) is 12.8.